The van der Waals surface area contributed by atoms with Crippen LogP contribution >= 0.6 is 0 Å². The van der Waals surface area contributed by atoms with Gasteiger partial charge in [0.25, 0.3) is 0 Å². The fourth-order valence-corrected chi connectivity index (χ4v) is 3.91. The first kappa shape index (κ1) is 18.4. The van der Waals surface area contributed by atoms with Crippen molar-refractivity contribution in [2.24, 2.45) is 5.92 Å². The third-order valence-corrected chi connectivity index (χ3v) is 5.50. The molecule has 2 aliphatic heterocycles. The maximum absolute atomic E-state index is 12.9. The standard InChI is InChI=1S/C18H30N4O3/c1-24-14-8-19-17(23)18(22-9-2-7-20-22)5-10-21(11-6-18)15-16-3-12-25-13-4-16/h2,7,9,16H,3-6,8,10-15H2,1H3,(H,19,23). The average Bonchev–Trinajstić information content (AvgIpc) is 3.19. The Hall–Kier alpha value is -1.44. The Balaban J connectivity index is 1.61. The van der Waals surface area contributed by atoms with Crippen LogP contribution in [0.5, 0.6) is 0 Å². The highest BCUT2D eigenvalue weighted by Gasteiger charge is 2.43. The number of carbonyl (C=O) groups is 1. The van der Waals surface area contributed by atoms with Gasteiger partial charge in [0, 0.05) is 58.9 Å². The number of methoxy groups -OCH3 is 1. The summed E-state index contributed by atoms with van der Waals surface area (Å²) in [7, 11) is 1.64. The van der Waals surface area contributed by atoms with Gasteiger partial charge in [0.15, 0.2) is 0 Å². The molecule has 0 aliphatic carbocycles. The van der Waals surface area contributed by atoms with E-state index < -0.39 is 5.54 Å². The van der Waals surface area contributed by atoms with Crippen LogP contribution in [0.15, 0.2) is 18.5 Å². The lowest BCUT2D eigenvalue weighted by Gasteiger charge is -2.42. The second-order valence-corrected chi connectivity index (χ2v) is 7.09. The number of likely N-dealkylation sites (tertiary alicyclic amines) is 1. The van der Waals surface area contributed by atoms with Gasteiger partial charge in [0.05, 0.1) is 6.61 Å². The van der Waals surface area contributed by atoms with E-state index in [4.69, 9.17) is 9.47 Å². The summed E-state index contributed by atoms with van der Waals surface area (Å²) in [4.78, 5) is 15.4. The third-order valence-electron chi connectivity index (χ3n) is 5.50. The molecule has 140 valence electrons. The second-order valence-electron chi connectivity index (χ2n) is 7.09. The van der Waals surface area contributed by atoms with Crippen molar-refractivity contribution in [3.05, 3.63) is 18.5 Å². The third kappa shape index (κ3) is 4.40. The monoisotopic (exact) mass is 350 g/mol. The topological polar surface area (TPSA) is 68.6 Å². The van der Waals surface area contributed by atoms with E-state index in [1.807, 2.05) is 16.9 Å². The maximum Gasteiger partial charge on any atom is 0.248 e. The normalized spacial score (nSPS) is 22.0. The molecule has 0 saturated carbocycles. The Kier molecular flexibility index (Phi) is 6.45. The van der Waals surface area contributed by atoms with Crippen LogP contribution in [0.1, 0.15) is 25.7 Å². The molecule has 2 saturated heterocycles. The molecule has 0 aromatic carbocycles. The zero-order chi connectivity index (χ0) is 17.5. The van der Waals surface area contributed by atoms with Crippen molar-refractivity contribution in [1.82, 2.24) is 20.0 Å². The summed E-state index contributed by atoms with van der Waals surface area (Å²) in [5.74, 6) is 0.778. The molecule has 0 bridgehead atoms. The van der Waals surface area contributed by atoms with Crippen molar-refractivity contribution < 1.29 is 14.3 Å². The van der Waals surface area contributed by atoms with Gasteiger partial charge in [0.2, 0.25) is 5.91 Å². The summed E-state index contributed by atoms with van der Waals surface area (Å²) in [5.41, 5.74) is -0.580. The largest absolute Gasteiger partial charge is 0.383 e. The molecule has 0 atom stereocenters. The average molecular weight is 350 g/mol. The molecule has 25 heavy (non-hydrogen) atoms. The Morgan fingerprint density at radius 1 is 1.36 bits per heavy atom. The van der Waals surface area contributed by atoms with E-state index >= 15 is 0 Å². The van der Waals surface area contributed by atoms with Gasteiger partial charge in [0.1, 0.15) is 5.54 Å². The van der Waals surface area contributed by atoms with Crippen LogP contribution in [0, 0.1) is 5.92 Å². The van der Waals surface area contributed by atoms with E-state index in [0.29, 0.717) is 13.2 Å². The fourth-order valence-electron chi connectivity index (χ4n) is 3.91. The summed E-state index contributed by atoms with van der Waals surface area (Å²) in [6.45, 7) is 5.80. The van der Waals surface area contributed by atoms with Crippen molar-refractivity contribution in [2.45, 2.75) is 31.2 Å². The fraction of sp³-hybridized carbons (Fsp3) is 0.778. The summed E-state index contributed by atoms with van der Waals surface area (Å²) < 4.78 is 12.4. The van der Waals surface area contributed by atoms with Gasteiger partial charge in [-0.15, -0.1) is 0 Å². The van der Waals surface area contributed by atoms with Gasteiger partial charge in [-0.2, -0.15) is 5.10 Å². The van der Waals surface area contributed by atoms with Crippen LogP contribution in [-0.4, -0.2) is 73.7 Å². The van der Waals surface area contributed by atoms with Crippen LogP contribution in [-0.2, 0) is 19.8 Å². The molecule has 1 amide bonds. The molecule has 7 heteroatoms. The highest BCUT2D eigenvalue weighted by molar-refractivity contribution is 5.84. The van der Waals surface area contributed by atoms with Crippen LogP contribution in [0.25, 0.3) is 0 Å². The number of nitrogens with zero attached hydrogens (tertiary/aromatic N) is 3. The van der Waals surface area contributed by atoms with Gasteiger partial charge in [-0.1, -0.05) is 0 Å². The molecule has 1 N–H and O–H groups in total. The van der Waals surface area contributed by atoms with E-state index in [2.05, 4.69) is 15.3 Å². The molecule has 0 radical (unpaired) electrons. The summed E-state index contributed by atoms with van der Waals surface area (Å²) >= 11 is 0. The molecule has 0 unspecified atom stereocenters. The number of carbonyl (C=O) groups excluding carboxylic acids is 1. The number of ether oxygens (including phenoxy) is 2. The van der Waals surface area contributed by atoms with Crippen molar-refractivity contribution in [2.75, 3.05) is 53.1 Å². The first-order chi connectivity index (χ1) is 12.2. The number of nitrogens with one attached hydrogen (secondary N) is 1. The Morgan fingerprint density at radius 3 is 2.76 bits per heavy atom. The number of hydrogen-bond acceptors (Lipinski definition) is 5. The predicted octanol–water partition coefficient (Wildman–Crippen LogP) is 0.863. The molecule has 3 rings (SSSR count). The SMILES string of the molecule is COCCNC(=O)C1(n2cccn2)CCN(CC2CCOCC2)CC1. The Labute approximate surface area is 149 Å². The number of piperidine rings is 1. The summed E-state index contributed by atoms with van der Waals surface area (Å²) in [5, 5.41) is 7.41. The lowest BCUT2D eigenvalue weighted by atomic mass is 9.85. The summed E-state index contributed by atoms with van der Waals surface area (Å²) in [6, 6.07) is 1.89. The Bertz CT molecular complexity index is 520. The molecule has 1 aromatic heterocycles. The maximum atomic E-state index is 12.9. The zero-order valence-electron chi connectivity index (χ0n) is 15.2. The van der Waals surface area contributed by atoms with Gasteiger partial charge in [-0.3, -0.25) is 9.48 Å². The highest BCUT2D eigenvalue weighted by atomic mass is 16.5. The lowest BCUT2D eigenvalue weighted by Crippen LogP contribution is -2.56. The number of rotatable bonds is 7. The zero-order valence-corrected chi connectivity index (χ0v) is 15.2. The first-order valence-electron chi connectivity index (χ1n) is 9.32. The molecule has 3 heterocycles. The smallest absolute Gasteiger partial charge is 0.248 e. The Morgan fingerprint density at radius 2 is 2.12 bits per heavy atom. The minimum Gasteiger partial charge on any atom is -0.383 e. The highest BCUT2D eigenvalue weighted by Crippen LogP contribution is 2.31. The molecule has 2 fully saturated rings. The van der Waals surface area contributed by atoms with Crippen molar-refractivity contribution in [1.29, 1.82) is 0 Å². The van der Waals surface area contributed by atoms with E-state index in [-0.39, 0.29) is 5.91 Å². The minimum atomic E-state index is -0.580. The van der Waals surface area contributed by atoms with E-state index in [9.17, 15) is 4.79 Å². The van der Waals surface area contributed by atoms with Gasteiger partial charge < -0.3 is 19.7 Å². The van der Waals surface area contributed by atoms with E-state index in [1.54, 1.807) is 13.3 Å². The first-order valence-corrected chi connectivity index (χ1v) is 9.32. The van der Waals surface area contributed by atoms with Crippen molar-refractivity contribution in [3.8, 4) is 0 Å². The predicted molar refractivity (Wildman–Crippen MR) is 94.3 cm³/mol. The van der Waals surface area contributed by atoms with Gasteiger partial charge in [-0.05, 0) is 37.7 Å². The minimum absolute atomic E-state index is 0.0546. The molecule has 1 aromatic rings. The number of amides is 1. The van der Waals surface area contributed by atoms with Crippen molar-refractivity contribution >= 4 is 5.91 Å². The quantitative estimate of drug-likeness (QED) is 0.739. The van der Waals surface area contributed by atoms with Gasteiger partial charge in [-0.25, -0.2) is 0 Å². The van der Waals surface area contributed by atoms with Crippen LogP contribution in [0.4, 0.5) is 0 Å². The molecule has 7 nitrogen and oxygen atoms in total. The number of hydrogen-bond donors (Lipinski definition) is 1. The second kappa shape index (κ2) is 8.78. The molecule has 2 aliphatic rings. The van der Waals surface area contributed by atoms with Crippen molar-refractivity contribution in [3.63, 3.8) is 0 Å². The van der Waals surface area contributed by atoms with Crippen LogP contribution < -0.4 is 5.32 Å². The molecular weight excluding hydrogens is 320 g/mol. The number of aromatic nitrogens is 2. The molecule has 0 spiro atoms. The van der Waals surface area contributed by atoms with Gasteiger partial charge >= 0.3 is 0 Å². The van der Waals surface area contributed by atoms with Crippen LogP contribution in [0.3, 0.4) is 0 Å². The van der Waals surface area contributed by atoms with E-state index in [1.165, 1.54) is 0 Å². The molecular formula is C18H30N4O3. The lowest BCUT2D eigenvalue weighted by molar-refractivity contribution is -0.133. The van der Waals surface area contributed by atoms with Crippen LogP contribution in [0.2, 0.25) is 0 Å². The van der Waals surface area contributed by atoms with E-state index in [0.717, 1.165) is 64.4 Å². The summed E-state index contributed by atoms with van der Waals surface area (Å²) in [6.07, 6.45) is 7.53.